The van der Waals surface area contributed by atoms with Crippen LogP contribution in [0.3, 0.4) is 0 Å². The van der Waals surface area contributed by atoms with Gasteiger partial charge in [-0.1, -0.05) is 18.2 Å². The van der Waals surface area contributed by atoms with E-state index in [0.29, 0.717) is 28.1 Å². The van der Waals surface area contributed by atoms with E-state index in [-0.39, 0.29) is 11.7 Å². The van der Waals surface area contributed by atoms with Gasteiger partial charge in [-0.05, 0) is 38.9 Å². The van der Waals surface area contributed by atoms with Gasteiger partial charge < -0.3 is 20.1 Å². The van der Waals surface area contributed by atoms with E-state index < -0.39 is 23.8 Å². The van der Waals surface area contributed by atoms with E-state index in [2.05, 4.69) is 20.8 Å². The number of piperidine rings is 1. The molecular weight excluding hydrogens is 421 g/mol. The van der Waals surface area contributed by atoms with Crippen LogP contribution < -0.4 is 20.1 Å². The number of benzene rings is 2. The largest absolute Gasteiger partial charge is 0.493 e. The van der Waals surface area contributed by atoms with E-state index in [1.807, 2.05) is 6.07 Å². The zero-order chi connectivity index (χ0) is 22.7. The molecule has 1 fully saturated rings. The topological polar surface area (TPSA) is 68.3 Å². The van der Waals surface area contributed by atoms with Crippen LogP contribution in [0, 0.1) is 5.82 Å². The van der Waals surface area contributed by atoms with Crippen molar-refractivity contribution in [1.82, 2.24) is 15.5 Å². The lowest BCUT2D eigenvalue weighted by atomic mass is 10.0. The maximum atomic E-state index is 14.6. The van der Waals surface area contributed by atoms with Crippen molar-refractivity contribution in [1.29, 1.82) is 0 Å². The van der Waals surface area contributed by atoms with Gasteiger partial charge in [0, 0.05) is 17.0 Å². The third-order valence-corrected chi connectivity index (χ3v) is 5.64. The van der Waals surface area contributed by atoms with Crippen molar-refractivity contribution in [3.05, 3.63) is 53.5 Å². The first-order valence-corrected chi connectivity index (χ1v) is 10.5. The first-order chi connectivity index (χ1) is 15.5. The van der Waals surface area contributed by atoms with Crippen LogP contribution in [0.1, 0.15) is 43.4 Å². The van der Waals surface area contributed by atoms with Crippen molar-refractivity contribution in [2.45, 2.75) is 38.3 Å². The Bertz CT molecular complexity index is 1090. The third kappa shape index (κ3) is 4.57. The minimum absolute atomic E-state index is 0.0684. The summed E-state index contributed by atoms with van der Waals surface area (Å²) >= 11 is 0. The fourth-order valence-corrected chi connectivity index (χ4v) is 3.91. The highest BCUT2D eigenvalue weighted by atomic mass is 19.3. The first-order valence-electron chi connectivity index (χ1n) is 10.5. The Morgan fingerprint density at radius 3 is 2.59 bits per heavy atom. The molecule has 0 spiro atoms. The molecule has 2 N–H and O–H groups in total. The predicted octanol–water partition coefficient (Wildman–Crippen LogP) is 5.02. The molecule has 2 aromatic carbocycles. The van der Waals surface area contributed by atoms with E-state index in [1.54, 1.807) is 20.1 Å². The molecule has 1 aromatic heterocycles. The molecular formula is C23H25F3N4O2. The molecule has 2 heterocycles. The van der Waals surface area contributed by atoms with Gasteiger partial charge in [0.25, 0.3) is 6.43 Å². The van der Waals surface area contributed by atoms with Gasteiger partial charge >= 0.3 is 0 Å². The summed E-state index contributed by atoms with van der Waals surface area (Å²) in [5.74, 6) is 0.220. The molecule has 0 unspecified atom stereocenters. The zero-order valence-electron chi connectivity index (χ0n) is 17.9. The zero-order valence-corrected chi connectivity index (χ0v) is 17.9. The maximum absolute atomic E-state index is 14.6. The third-order valence-electron chi connectivity index (χ3n) is 5.64. The normalized spacial score (nSPS) is 15.7. The summed E-state index contributed by atoms with van der Waals surface area (Å²) in [6, 6.07) is 6.99. The molecule has 0 bridgehead atoms. The van der Waals surface area contributed by atoms with Crippen LogP contribution in [-0.2, 0) is 0 Å². The van der Waals surface area contributed by atoms with Crippen molar-refractivity contribution in [3.8, 4) is 11.5 Å². The minimum Gasteiger partial charge on any atom is -0.493 e. The molecule has 6 nitrogen and oxygen atoms in total. The van der Waals surface area contributed by atoms with Crippen LogP contribution in [0.4, 0.5) is 18.9 Å². The summed E-state index contributed by atoms with van der Waals surface area (Å²) in [5, 5.41) is 15.4. The highest BCUT2D eigenvalue weighted by molar-refractivity contribution is 5.93. The molecule has 1 saturated heterocycles. The van der Waals surface area contributed by atoms with Crippen LogP contribution in [0.15, 0.2) is 36.5 Å². The summed E-state index contributed by atoms with van der Waals surface area (Å²) in [4.78, 5) is 0. The number of fused-ring (bicyclic) bond motifs is 1. The quantitative estimate of drug-likeness (QED) is 0.531. The van der Waals surface area contributed by atoms with Gasteiger partial charge in [0.2, 0.25) is 0 Å². The number of aromatic nitrogens is 2. The second kappa shape index (κ2) is 9.60. The molecule has 4 rings (SSSR count). The van der Waals surface area contributed by atoms with Gasteiger partial charge in [0.15, 0.2) is 11.5 Å². The predicted molar refractivity (Wildman–Crippen MR) is 116 cm³/mol. The fourth-order valence-electron chi connectivity index (χ4n) is 3.91. The van der Waals surface area contributed by atoms with E-state index in [4.69, 9.17) is 9.47 Å². The Morgan fingerprint density at radius 2 is 1.88 bits per heavy atom. The molecule has 0 radical (unpaired) electrons. The second-order valence-corrected chi connectivity index (χ2v) is 7.76. The molecule has 0 aliphatic carbocycles. The number of halogens is 3. The van der Waals surface area contributed by atoms with Crippen molar-refractivity contribution in [2.24, 2.45) is 0 Å². The van der Waals surface area contributed by atoms with Crippen LogP contribution in [0.5, 0.6) is 11.5 Å². The Labute approximate surface area is 184 Å². The highest BCUT2D eigenvalue weighted by Gasteiger charge is 2.21. The summed E-state index contributed by atoms with van der Waals surface area (Å²) < 4.78 is 52.5. The van der Waals surface area contributed by atoms with E-state index in [1.165, 1.54) is 18.3 Å². The van der Waals surface area contributed by atoms with Gasteiger partial charge in [-0.3, -0.25) is 0 Å². The second-order valence-electron chi connectivity index (χ2n) is 7.76. The molecule has 0 saturated carbocycles. The number of rotatable bonds is 7. The minimum atomic E-state index is -2.88. The molecule has 32 heavy (non-hydrogen) atoms. The Hall–Kier alpha value is -3.07. The number of anilines is 1. The number of hydrogen-bond donors (Lipinski definition) is 2. The van der Waals surface area contributed by atoms with Gasteiger partial charge in [-0.15, -0.1) is 0 Å². The summed E-state index contributed by atoms with van der Waals surface area (Å²) in [7, 11) is 1.56. The molecule has 1 aliphatic rings. The van der Waals surface area contributed by atoms with Crippen molar-refractivity contribution >= 4 is 16.6 Å². The maximum Gasteiger partial charge on any atom is 0.266 e. The smallest absolute Gasteiger partial charge is 0.266 e. The number of nitrogens with one attached hydrogen (secondary N) is 2. The fraction of sp³-hybridized carbons (Fsp3) is 0.391. The van der Waals surface area contributed by atoms with Crippen LogP contribution >= 0.6 is 0 Å². The number of methoxy groups -OCH3 is 1. The van der Waals surface area contributed by atoms with Crippen LogP contribution in [-0.4, -0.2) is 36.5 Å². The Morgan fingerprint density at radius 1 is 1.12 bits per heavy atom. The number of alkyl halides is 2. The number of ether oxygens (including phenoxy) is 2. The Balaban J connectivity index is 1.67. The van der Waals surface area contributed by atoms with Crippen LogP contribution in [0.2, 0.25) is 0 Å². The number of hydrogen-bond acceptors (Lipinski definition) is 6. The van der Waals surface area contributed by atoms with E-state index in [9.17, 15) is 13.2 Å². The molecule has 3 aromatic rings. The standard InChI is InChI=1S/C23H25F3N4O2/c1-13(15-4-3-5-16(22(15)24)23(25)26)29-19-12-28-30-18-11-20(31-2)21(10-17(18)19)32-14-6-8-27-9-7-14/h3-5,10-14,23,27H,6-9H2,1-2H3,(H,29,30)/t13-/m1/s1. The van der Waals surface area contributed by atoms with Crippen molar-refractivity contribution in [2.75, 3.05) is 25.5 Å². The lowest BCUT2D eigenvalue weighted by molar-refractivity contribution is 0.146. The molecule has 9 heteroatoms. The first kappa shape index (κ1) is 22.1. The Kier molecular flexibility index (Phi) is 6.64. The molecule has 1 aliphatic heterocycles. The lowest BCUT2D eigenvalue weighted by Crippen LogP contribution is -2.34. The SMILES string of the molecule is COc1cc2nncc(N[C@H](C)c3cccc(C(F)F)c3F)c2cc1OC1CCNCC1. The molecule has 1 atom stereocenters. The molecule has 170 valence electrons. The lowest BCUT2D eigenvalue weighted by Gasteiger charge is -2.25. The average molecular weight is 446 g/mol. The van der Waals surface area contributed by atoms with Gasteiger partial charge in [-0.25, -0.2) is 13.2 Å². The van der Waals surface area contributed by atoms with E-state index >= 15 is 0 Å². The van der Waals surface area contributed by atoms with E-state index in [0.717, 1.165) is 32.0 Å². The summed E-state index contributed by atoms with van der Waals surface area (Å²) in [6.45, 7) is 3.48. The van der Waals surface area contributed by atoms with Crippen molar-refractivity contribution in [3.63, 3.8) is 0 Å². The molecule has 0 amide bonds. The average Bonchev–Trinajstić information content (AvgIpc) is 2.79. The van der Waals surface area contributed by atoms with Gasteiger partial charge in [0.05, 0.1) is 36.1 Å². The number of nitrogens with zero attached hydrogens (tertiary/aromatic N) is 2. The summed E-state index contributed by atoms with van der Waals surface area (Å²) in [5.41, 5.74) is 0.685. The van der Waals surface area contributed by atoms with Crippen molar-refractivity contribution < 1.29 is 22.6 Å². The van der Waals surface area contributed by atoms with Gasteiger partial charge in [0.1, 0.15) is 11.9 Å². The van der Waals surface area contributed by atoms with Crippen LogP contribution in [0.25, 0.3) is 10.9 Å². The van der Waals surface area contributed by atoms with Gasteiger partial charge in [-0.2, -0.15) is 10.2 Å². The summed E-state index contributed by atoms with van der Waals surface area (Å²) in [6.07, 6.45) is 0.482. The monoisotopic (exact) mass is 446 g/mol. The highest BCUT2D eigenvalue weighted by Crippen LogP contribution is 2.37.